The second-order valence-corrected chi connectivity index (χ2v) is 12.3. The lowest BCUT2D eigenvalue weighted by molar-refractivity contribution is -0.140. The number of benzene rings is 3. The summed E-state index contributed by atoms with van der Waals surface area (Å²) in [7, 11) is -2.80. The number of carbonyl (C=O) groups excluding carboxylic acids is 2. The Morgan fingerprint density at radius 2 is 1.63 bits per heavy atom. The Morgan fingerprint density at radius 3 is 2.20 bits per heavy atom. The Bertz CT molecular complexity index is 1500. The highest BCUT2D eigenvalue weighted by Gasteiger charge is 2.34. The number of carbonyl (C=O) groups is 2. The van der Waals surface area contributed by atoms with Crippen LogP contribution in [0.15, 0.2) is 65.6 Å². The number of aryl methyl sites for hydroxylation is 1. The number of anilines is 1. The molecule has 8 nitrogen and oxygen atoms in total. The van der Waals surface area contributed by atoms with E-state index in [0.717, 1.165) is 9.87 Å². The molecule has 0 fully saturated rings. The molecule has 41 heavy (non-hydrogen) atoms. The molecule has 3 rings (SSSR count). The van der Waals surface area contributed by atoms with E-state index in [9.17, 15) is 18.0 Å². The number of nitrogens with one attached hydrogen (secondary N) is 1. The van der Waals surface area contributed by atoms with E-state index >= 15 is 0 Å². The Hall–Kier alpha value is -2.98. The Kier molecular flexibility index (Phi) is 11.3. The zero-order valence-corrected chi connectivity index (χ0v) is 26.2. The summed E-state index contributed by atoms with van der Waals surface area (Å²) in [6.07, 6.45) is 0.280. The average Bonchev–Trinajstić information content (AvgIpc) is 2.93. The highest BCUT2D eigenvalue weighted by molar-refractivity contribution is 7.92. The number of amides is 2. The molecule has 2 amide bonds. The maximum absolute atomic E-state index is 14.1. The molecule has 1 atom stereocenters. The highest BCUT2D eigenvalue weighted by Crippen LogP contribution is 2.32. The van der Waals surface area contributed by atoms with Crippen molar-refractivity contribution >= 4 is 62.3 Å². The van der Waals surface area contributed by atoms with Gasteiger partial charge >= 0.3 is 0 Å². The molecule has 0 saturated heterocycles. The zero-order valence-electron chi connectivity index (χ0n) is 23.2. The molecule has 0 aliphatic heterocycles. The van der Waals surface area contributed by atoms with Crippen molar-refractivity contribution in [2.45, 2.75) is 44.7 Å². The van der Waals surface area contributed by atoms with Crippen molar-refractivity contribution < 1.29 is 22.7 Å². The molecular formula is C29H32Cl3N3O5S. The first-order chi connectivity index (χ1) is 19.4. The molecule has 0 radical (unpaired) electrons. The molecule has 220 valence electrons. The minimum Gasteiger partial charge on any atom is -0.495 e. The summed E-state index contributed by atoms with van der Waals surface area (Å²) in [6, 6.07) is 14.7. The fraction of sp³-hybridized carbons (Fsp3) is 0.310. The average molecular weight is 641 g/mol. The van der Waals surface area contributed by atoms with Crippen molar-refractivity contribution in [3.8, 4) is 5.75 Å². The predicted octanol–water partition coefficient (Wildman–Crippen LogP) is 6.10. The number of methoxy groups -OCH3 is 1. The summed E-state index contributed by atoms with van der Waals surface area (Å²) in [5, 5.41) is 3.65. The van der Waals surface area contributed by atoms with Crippen LogP contribution in [0.3, 0.4) is 0 Å². The summed E-state index contributed by atoms with van der Waals surface area (Å²) in [5.41, 5.74) is 1.57. The Morgan fingerprint density at radius 1 is 0.951 bits per heavy atom. The third-order valence-electron chi connectivity index (χ3n) is 6.40. The van der Waals surface area contributed by atoms with Gasteiger partial charge in [0.25, 0.3) is 10.0 Å². The lowest BCUT2D eigenvalue weighted by atomic mass is 10.1. The van der Waals surface area contributed by atoms with Crippen LogP contribution in [0.1, 0.15) is 31.4 Å². The molecule has 3 aromatic carbocycles. The monoisotopic (exact) mass is 639 g/mol. The van der Waals surface area contributed by atoms with Gasteiger partial charge in [0.05, 0.1) is 22.7 Å². The summed E-state index contributed by atoms with van der Waals surface area (Å²) < 4.78 is 34.1. The number of rotatable bonds is 12. The van der Waals surface area contributed by atoms with E-state index in [0.29, 0.717) is 27.9 Å². The van der Waals surface area contributed by atoms with Crippen LogP contribution in [0.4, 0.5) is 5.69 Å². The first-order valence-corrected chi connectivity index (χ1v) is 15.4. The lowest BCUT2D eigenvalue weighted by Gasteiger charge is -2.33. The topological polar surface area (TPSA) is 96.0 Å². The van der Waals surface area contributed by atoms with Crippen molar-refractivity contribution in [2.75, 3.05) is 24.5 Å². The van der Waals surface area contributed by atoms with E-state index < -0.39 is 28.5 Å². The van der Waals surface area contributed by atoms with E-state index in [1.54, 1.807) is 44.2 Å². The number of sulfonamides is 1. The van der Waals surface area contributed by atoms with Gasteiger partial charge in [0, 0.05) is 23.1 Å². The molecule has 0 saturated carbocycles. The molecule has 12 heteroatoms. The van der Waals surface area contributed by atoms with Gasteiger partial charge in [-0.05, 0) is 68.3 Å². The summed E-state index contributed by atoms with van der Waals surface area (Å²) in [5.74, 6) is -0.638. The van der Waals surface area contributed by atoms with Crippen LogP contribution in [-0.4, -0.2) is 51.4 Å². The summed E-state index contributed by atoms with van der Waals surface area (Å²) in [4.78, 5) is 28.4. The van der Waals surface area contributed by atoms with Crippen LogP contribution in [0.2, 0.25) is 15.1 Å². The number of likely N-dealkylation sites (N-methyl/N-ethyl adjacent to an activating group) is 1. The van der Waals surface area contributed by atoms with Gasteiger partial charge in [-0.2, -0.15) is 0 Å². The smallest absolute Gasteiger partial charge is 0.264 e. The van der Waals surface area contributed by atoms with Gasteiger partial charge < -0.3 is 15.0 Å². The molecule has 0 aromatic heterocycles. The largest absolute Gasteiger partial charge is 0.495 e. The molecule has 0 aliphatic rings. The van der Waals surface area contributed by atoms with Crippen molar-refractivity contribution in [1.82, 2.24) is 10.2 Å². The van der Waals surface area contributed by atoms with Crippen LogP contribution < -0.4 is 14.4 Å². The van der Waals surface area contributed by atoms with Crippen LogP contribution in [0.25, 0.3) is 0 Å². The molecule has 0 unspecified atom stereocenters. The molecule has 0 bridgehead atoms. The van der Waals surface area contributed by atoms with Crippen LogP contribution in [-0.2, 0) is 26.2 Å². The van der Waals surface area contributed by atoms with E-state index in [2.05, 4.69) is 5.32 Å². The Labute approximate surface area is 256 Å². The van der Waals surface area contributed by atoms with Gasteiger partial charge in [-0.1, -0.05) is 65.5 Å². The van der Waals surface area contributed by atoms with E-state index in [4.69, 9.17) is 39.5 Å². The summed E-state index contributed by atoms with van der Waals surface area (Å²) >= 11 is 18.8. The molecule has 1 N–H and O–H groups in total. The molecule has 0 heterocycles. The number of hydrogen-bond acceptors (Lipinski definition) is 5. The minimum absolute atomic E-state index is 0.00842. The lowest BCUT2D eigenvalue weighted by Crippen LogP contribution is -2.52. The predicted molar refractivity (Wildman–Crippen MR) is 163 cm³/mol. The number of halogens is 3. The maximum Gasteiger partial charge on any atom is 0.264 e. The first kappa shape index (κ1) is 32.5. The van der Waals surface area contributed by atoms with Crippen molar-refractivity contribution in [3.63, 3.8) is 0 Å². The highest BCUT2D eigenvalue weighted by atomic mass is 35.5. The van der Waals surface area contributed by atoms with Gasteiger partial charge in [0.1, 0.15) is 18.3 Å². The van der Waals surface area contributed by atoms with Gasteiger partial charge in [-0.25, -0.2) is 8.42 Å². The van der Waals surface area contributed by atoms with Gasteiger partial charge in [0.2, 0.25) is 11.8 Å². The van der Waals surface area contributed by atoms with E-state index in [1.807, 2.05) is 6.92 Å². The quantitative estimate of drug-likeness (QED) is 0.258. The van der Waals surface area contributed by atoms with Gasteiger partial charge in [0.15, 0.2) is 0 Å². The minimum atomic E-state index is -4.24. The fourth-order valence-corrected chi connectivity index (χ4v) is 6.35. The van der Waals surface area contributed by atoms with Gasteiger partial charge in [-0.15, -0.1) is 0 Å². The number of ether oxygens (including phenoxy) is 1. The van der Waals surface area contributed by atoms with Crippen molar-refractivity contribution in [3.05, 3.63) is 86.9 Å². The third-order valence-corrected chi connectivity index (χ3v) is 9.07. The molecule has 0 aliphatic carbocycles. The van der Waals surface area contributed by atoms with Crippen LogP contribution in [0, 0.1) is 6.92 Å². The standard InChI is InChI=1S/C29H32Cl3N3O5S/c1-5-26(29(37)33-6-2)34(17-20-9-10-21(30)15-24(20)31)28(36)18-35(22-11-14-27(40-4)25(32)16-22)41(38,39)23-12-7-19(3)8-13-23/h7-16,26H,5-6,17-18H2,1-4H3,(H,33,37)/t26-/m0/s1. The fourth-order valence-electron chi connectivity index (χ4n) is 4.22. The summed E-state index contributed by atoms with van der Waals surface area (Å²) in [6.45, 7) is 5.08. The van der Waals surface area contributed by atoms with Gasteiger partial charge in [-0.3, -0.25) is 13.9 Å². The second kappa shape index (κ2) is 14.3. The third kappa shape index (κ3) is 7.86. The number of hydrogen-bond donors (Lipinski definition) is 1. The van der Waals surface area contributed by atoms with Crippen LogP contribution in [0.5, 0.6) is 5.75 Å². The Balaban J connectivity index is 2.11. The maximum atomic E-state index is 14.1. The molecule has 3 aromatic rings. The van der Waals surface area contributed by atoms with E-state index in [-0.39, 0.29) is 34.5 Å². The normalized spacial score (nSPS) is 12.0. The number of nitrogens with zero attached hydrogens (tertiary/aromatic N) is 2. The van der Waals surface area contributed by atoms with Crippen molar-refractivity contribution in [1.29, 1.82) is 0 Å². The molecular weight excluding hydrogens is 609 g/mol. The van der Waals surface area contributed by atoms with Crippen LogP contribution >= 0.6 is 34.8 Å². The molecule has 0 spiro atoms. The first-order valence-electron chi connectivity index (χ1n) is 12.9. The zero-order chi connectivity index (χ0) is 30.3. The van der Waals surface area contributed by atoms with Crippen molar-refractivity contribution in [2.24, 2.45) is 0 Å². The van der Waals surface area contributed by atoms with E-state index in [1.165, 1.54) is 42.3 Å². The second-order valence-electron chi connectivity index (χ2n) is 9.22. The SMILES string of the molecule is CCNC(=O)[C@H](CC)N(Cc1ccc(Cl)cc1Cl)C(=O)CN(c1ccc(OC)c(Cl)c1)S(=O)(=O)c1ccc(C)cc1.